The van der Waals surface area contributed by atoms with Crippen molar-refractivity contribution in [3.05, 3.63) is 59.0 Å². The second-order valence-electron chi connectivity index (χ2n) is 4.71. The van der Waals surface area contributed by atoms with Crippen LogP contribution in [-0.2, 0) is 13.0 Å². The first kappa shape index (κ1) is 14.3. The van der Waals surface area contributed by atoms with E-state index in [4.69, 9.17) is 4.42 Å². The van der Waals surface area contributed by atoms with Gasteiger partial charge in [0.2, 0.25) is 0 Å². The lowest BCUT2D eigenvalue weighted by Gasteiger charge is -2.09. The van der Waals surface area contributed by atoms with E-state index in [1.807, 2.05) is 50.4 Å². The highest BCUT2D eigenvalue weighted by molar-refractivity contribution is 5.95. The largest absolute Gasteiger partial charge is 0.465 e. The first-order valence-corrected chi connectivity index (χ1v) is 6.76. The van der Waals surface area contributed by atoms with Gasteiger partial charge in [-0.25, -0.2) is 0 Å². The summed E-state index contributed by atoms with van der Waals surface area (Å²) in [6.45, 7) is 3.15. The number of hydrogen-bond donors (Lipinski definition) is 2. The Labute approximate surface area is 119 Å². The van der Waals surface area contributed by atoms with Crippen molar-refractivity contribution in [3.63, 3.8) is 0 Å². The number of amides is 1. The van der Waals surface area contributed by atoms with Crippen LogP contribution in [0.15, 0.2) is 40.8 Å². The third-order valence-corrected chi connectivity index (χ3v) is 3.13. The molecule has 0 fully saturated rings. The zero-order valence-electron chi connectivity index (χ0n) is 11.9. The maximum absolute atomic E-state index is 12.2. The minimum Gasteiger partial charge on any atom is -0.465 e. The molecule has 0 unspecified atom stereocenters. The van der Waals surface area contributed by atoms with E-state index in [0.29, 0.717) is 6.54 Å². The van der Waals surface area contributed by atoms with Crippen LogP contribution in [0.1, 0.15) is 27.4 Å². The molecule has 4 heteroatoms. The quantitative estimate of drug-likeness (QED) is 0.848. The van der Waals surface area contributed by atoms with Crippen LogP contribution in [0.2, 0.25) is 0 Å². The number of hydrogen-bond acceptors (Lipinski definition) is 3. The Bertz CT molecular complexity index is 575. The van der Waals surface area contributed by atoms with Crippen LogP contribution in [0.25, 0.3) is 0 Å². The van der Waals surface area contributed by atoms with Crippen LogP contribution in [0.5, 0.6) is 0 Å². The predicted octanol–water partition coefficient (Wildman–Crippen LogP) is 2.28. The Morgan fingerprint density at radius 2 is 2.00 bits per heavy atom. The highest BCUT2D eigenvalue weighted by atomic mass is 16.3. The third-order valence-electron chi connectivity index (χ3n) is 3.13. The van der Waals surface area contributed by atoms with Gasteiger partial charge >= 0.3 is 0 Å². The smallest absolute Gasteiger partial charge is 0.251 e. The molecule has 20 heavy (non-hydrogen) atoms. The molecule has 1 aromatic carbocycles. The lowest BCUT2D eigenvalue weighted by Crippen LogP contribution is -2.24. The zero-order chi connectivity index (χ0) is 14.4. The van der Waals surface area contributed by atoms with E-state index in [9.17, 15) is 4.79 Å². The van der Waals surface area contributed by atoms with Crippen LogP contribution < -0.4 is 10.6 Å². The molecule has 0 atom stereocenters. The molecule has 1 amide bonds. The molecular formula is C16H20N2O2. The fraction of sp³-hybridized carbons (Fsp3) is 0.312. The van der Waals surface area contributed by atoms with E-state index in [2.05, 4.69) is 10.6 Å². The van der Waals surface area contributed by atoms with Crippen molar-refractivity contribution in [1.29, 1.82) is 0 Å². The lowest BCUT2D eigenvalue weighted by atomic mass is 10.0. The van der Waals surface area contributed by atoms with Crippen molar-refractivity contribution >= 4 is 5.91 Å². The van der Waals surface area contributed by atoms with Gasteiger partial charge in [-0.05, 0) is 50.7 Å². The van der Waals surface area contributed by atoms with Crippen molar-refractivity contribution in [2.75, 3.05) is 13.6 Å². The zero-order valence-corrected chi connectivity index (χ0v) is 11.9. The summed E-state index contributed by atoms with van der Waals surface area (Å²) in [7, 11) is 1.90. The van der Waals surface area contributed by atoms with Crippen molar-refractivity contribution in [1.82, 2.24) is 10.6 Å². The van der Waals surface area contributed by atoms with Crippen LogP contribution in [0.4, 0.5) is 0 Å². The number of furan rings is 1. The molecule has 0 spiro atoms. The van der Waals surface area contributed by atoms with Gasteiger partial charge in [-0.15, -0.1) is 0 Å². The molecule has 2 rings (SSSR count). The molecule has 0 aliphatic rings. The highest BCUT2D eigenvalue weighted by Crippen LogP contribution is 2.10. The molecule has 1 heterocycles. The summed E-state index contributed by atoms with van der Waals surface area (Å²) in [6, 6.07) is 11.5. The molecule has 0 aliphatic heterocycles. The summed E-state index contributed by atoms with van der Waals surface area (Å²) in [5.41, 5.74) is 1.78. The average Bonchev–Trinajstić information content (AvgIpc) is 2.88. The number of carbonyl (C=O) groups is 1. The van der Waals surface area contributed by atoms with Crippen molar-refractivity contribution in [3.8, 4) is 0 Å². The average molecular weight is 272 g/mol. The molecule has 0 aliphatic carbocycles. The van der Waals surface area contributed by atoms with Crippen molar-refractivity contribution < 1.29 is 9.21 Å². The number of carbonyl (C=O) groups excluding carboxylic acids is 1. The predicted molar refractivity (Wildman–Crippen MR) is 78.7 cm³/mol. The van der Waals surface area contributed by atoms with Gasteiger partial charge in [0.25, 0.3) is 5.91 Å². The van der Waals surface area contributed by atoms with Gasteiger partial charge in [0, 0.05) is 5.56 Å². The van der Waals surface area contributed by atoms with Gasteiger partial charge in [0.1, 0.15) is 11.5 Å². The first-order valence-electron chi connectivity index (χ1n) is 6.76. The monoisotopic (exact) mass is 272 g/mol. The number of nitrogens with one attached hydrogen (secondary N) is 2. The van der Waals surface area contributed by atoms with E-state index in [-0.39, 0.29) is 5.91 Å². The fourth-order valence-corrected chi connectivity index (χ4v) is 2.06. The SMILES string of the molecule is CNCCc1ccccc1C(=O)NCc1ccc(C)o1. The lowest BCUT2D eigenvalue weighted by molar-refractivity contribution is 0.0947. The summed E-state index contributed by atoms with van der Waals surface area (Å²) >= 11 is 0. The molecule has 0 saturated heterocycles. The van der Waals surface area contributed by atoms with Crippen molar-refractivity contribution in [2.24, 2.45) is 0 Å². The van der Waals surface area contributed by atoms with Crippen LogP contribution in [0, 0.1) is 6.92 Å². The molecule has 0 bridgehead atoms. The van der Waals surface area contributed by atoms with Crippen LogP contribution in [-0.4, -0.2) is 19.5 Å². The number of likely N-dealkylation sites (N-methyl/N-ethyl adjacent to an activating group) is 1. The summed E-state index contributed by atoms with van der Waals surface area (Å²) in [6.07, 6.45) is 0.833. The van der Waals surface area contributed by atoms with Gasteiger partial charge in [0.05, 0.1) is 6.54 Å². The van der Waals surface area contributed by atoms with Gasteiger partial charge in [-0.3, -0.25) is 4.79 Å². The molecule has 106 valence electrons. The summed E-state index contributed by atoms with van der Waals surface area (Å²) in [5.74, 6) is 1.55. The molecule has 2 N–H and O–H groups in total. The highest BCUT2D eigenvalue weighted by Gasteiger charge is 2.10. The van der Waals surface area contributed by atoms with Crippen LogP contribution in [0.3, 0.4) is 0 Å². The van der Waals surface area contributed by atoms with E-state index in [0.717, 1.165) is 35.6 Å². The van der Waals surface area contributed by atoms with E-state index in [1.54, 1.807) is 0 Å². The minimum absolute atomic E-state index is 0.0641. The van der Waals surface area contributed by atoms with Crippen molar-refractivity contribution in [2.45, 2.75) is 19.9 Å². The number of aryl methyl sites for hydroxylation is 1. The first-order chi connectivity index (χ1) is 9.70. The Morgan fingerprint density at radius 3 is 2.70 bits per heavy atom. The molecule has 4 nitrogen and oxygen atoms in total. The number of rotatable bonds is 6. The number of benzene rings is 1. The van der Waals surface area contributed by atoms with E-state index in [1.165, 1.54) is 0 Å². The summed E-state index contributed by atoms with van der Waals surface area (Å²) in [4.78, 5) is 12.2. The molecule has 0 saturated carbocycles. The minimum atomic E-state index is -0.0641. The topological polar surface area (TPSA) is 54.3 Å². The molecule has 0 radical (unpaired) electrons. The maximum atomic E-state index is 12.2. The van der Waals surface area contributed by atoms with Gasteiger partial charge in [0.15, 0.2) is 0 Å². The molecule has 2 aromatic rings. The van der Waals surface area contributed by atoms with E-state index >= 15 is 0 Å². The van der Waals surface area contributed by atoms with Gasteiger partial charge in [-0.1, -0.05) is 18.2 Å². The van der Waals surface area contributed by atoms with Gasteiger partial charge in [-0.2, -0.15) is 0 Å². The van der Waals surface area contributed by atoms with E-state index < -0.39 is 0 Å². The molecule has 1 aromatic heterocycles. The Kier molecular flexibility index (Phi) is 4.96. The molecular weight excluding hydrogens is 252 g/mol. The second-order valence-corrected chi connectivity index (χ2v) is 4.71. The fourth-order valence-electron chi connectivity index (χ4n) is 2.06. The second kappa shape index (κ2) is 6.91. The summed E-state index contributed by atoms with van der Waals surface area (Å²) in [5, 5.41) is 5.99. The third kappa shape index (κ3) is 3.71. The van der Waals surface area contributed by atoms with Crippen LogP contribution >= 0.6 is 0 Å². The summed E-state index contributed by atoms with van der Waals surface area (Å²) < 4.78 is 5.44. The standard InChI is InChI=1S/C16H20N2O2/c1-12-7-8-14(20-12)11-18-16(19)15-6-4-3-5-13(15)9-10-17-2/h3-8,17H,9-11H2,1-2H3,(H,18,19). The normalized spacial score (nSPS) is 10.5. The maximum Gasteiger partial charge on any atom is 0.251 e. The Hall–Kier alpha value is -2.07. The van der Waals surface area contributed by atoms with Gasteiger partial charge < -0.3 is 15.1 Å². The Morgan fingerprint density at radius 1 is 1.20 bits per heavy atom. The Balaban J connectivity index is 2.01.